The number of para-hydroxylation sites is 2. The highest BCUT2D eigenvalue weighted by Gasteiger charge is 2.18. The summed E-state index contributed by atoms with van der Waals surface area (Å²) in [7, 11) is 0. The molecular weight excluding hydrogens is 544 g/mol. The molecule has 0 N–H and O–H groups in total. The molecule has 224 valence electrons. The van der Waals surface area contributed by atoms with E-state index >= 15 is 0 Å². The van der Waals surface area contributed by atoms with Gasteiger partial charge in [-0.05, 0) is 146 Å². The SMILES string of the molecule is CCc1ccc(N(c2ccc(-c3ccc(N(c4ccccc4)c4ccccc4C)cc3C)cc2)c2cccc(C)c2C)cc1C. The first kappa shape index (κ1) is 30.0. The van der Waals surface area contributed by atoms with Crippen LogP contribution in [-0.4, -0.2) is 0 Å². The Labute approximate surface area is 269 Å². The van der Waals surface area contributed by atoms with Gasteiger partial charge in [0.15, 0.2) is 0 Å². The molecule has 0 aromatic heterocycles. The zero-order chi connectivity index (χ0) is 31.5. The highest BCUT2D eigenvalue weighted by molar-refractivity contribution is 5.83. The van der Waals surface area contributed by atoms with Gasteiger partial charge in [-0.15, -0.1) is 0 Å². The normalized spacial score (nSPS) is 11.0. The van der Waals surface area contributed by atoms with Gasteiger partial charge in [-0.1, -0.05) is 79.7 Å². The second kappa shape index (κ2) is 12.9. The number of benzene rings is 6. The number of aryl methyl sites for hydroxylation is 5. The third-order valence-corrected chi connectivity index (χ3v) is 9.06. The number of nitrogens with zero attached hydrogens (tertiary/aromatic N) is 2. The topological polar surface area (TPSA) is 6.48 Å². The standard InChI is InChI=1S/C43H42N2/c1-7-35-20-25-39(28-32(35)4)45(43-19-13-15-30(2)34(43)6)38-23-21-36(22-24-38)41-27-26-40(29-33(41)5)44(37-16-9-8-10-17-37)42-18-12-11-14-31(42)3/h8-29H,7H2,1-6H3. The molecule has 0 radical (unpaired) electrons. The highest BCUT2D eigenvalue weighted by atomic mass is 15.1. The van der Waals surface area contributed by atoms with E-state index in [4.69, 9.17) is 0 Å². The van der Waals surface area contributed by atoms with Gasteiger partial charge in [0.05, 0.1) is 0 Å². The van der Waals surface area contributed by atoms with Gasteiger partial charge in [0.2, 0.25) is 0 Å². The second-order valence-electron chi connectivity index (χ2n) is 12.0. The number of hydrogen-bond donors (Lipinski definition) is 0. The molecule has 2 nitrogen and oxygen atoms in total. The molecule has 0 unspecified atom stereocenters. The van der Waals surface area contributed by atoms with Crippen molar-refractivity contribution >= 4 is 34.1 Å². The monoisotopic (exact) mass is 586 g/mol. The Morgan fingerprint density at radius 1 is 0.422 bits per heavy atom. The lowest BCUT2D eigenvalue weighted by Crippen LogP contribution is -2.12. The third-order valence-electron chi connectivity index (χ3n) is 9.06. The average molecular weight is 587 g/mol. The Morgan fingerprint density at radius 2 is 0.978 bits per heavy atom. The molecule has 6 rings (SSSR count). The zero-order valence-corrected chi connectivity index (χ0v) is 27.3. The second-order valence-corrected chi connectivity index (χ2v) is 12.0. The third kappa shape index (κ3) is 6.01. The average Bonchev–Trinajstić information content (AvgIpc) is 3.05. The molecule has 6 aromatic carbocycles. The Balaban J connectivity index is 1.38. The zero-order valence-electron chi connectivity index (χ0n) is 27.3. The van der Waals surface area contributed by atoms with Crippen molar-refractivity contribution < 1.29 is 0 Å². The fraction of sp³-hybridized carbons (Fsp3) is 0.163. The molecule has 0 saturated carbocycles. The fourth-order valence-electron chi connectivity index (χ4n) is 6.34. The maximum absolute atomic E-state index is 2.40. The van der Waals surface area contributed by atoms with Crippen LogP contribution in [0.3, 0.4) is 0 Å². The first-order valence-corrected chi connectivity index (χ1v) is 15.9. The Hall–Kier alpha value is -5.08. The fourth-order valence-corrected chi connectivity index (χ4v) is 6.34. The summed E-state index contributed by atoms with van der Waals surface area (Å²) in [5.41, 5.74) is 17.3. The van der Waals surface area contributed by atoms with Crippen molar-refractivity contribution in [3.63, 3.8) is 0 Å². The van der Waals surface area contributed by atoms with Crippen LogP contribution in [0.2, 0.25) is 0 Å². The van der Waals surface area contributed by atoms with Crippen LogP contribution in [0.1, 0.15) is 40.3 Å². The molecule has 0 spiro atoms. The van der Waals surface area contributed by atoms with Crippen molar-refractivity contribution in [2.24, 2.45) is 0 Å². The summed E-state index contributed by atoms with van der Waals surface area (Å²) >= 11 is 0. The number of rotatable bonds is 8. The smallest absolute Gasteiger partial charge is 0.0493 e. The summed E-state index contributed by atoms with van der Waals surface area (Å²) in [5, 5.41) is 0. The van der Waals surface area contributed by atoms with Crippen LogP contribution in [0.4, 0.5) is 34.1 Å². The van der Waals surface area contributed by atoms with E-state index in [0.717, 1.165) is 23.5 Å². The molecule has 0 bridgehead atoms. The minimum absolute atomic E-state index is 1.04. The van der Waals surface area contributed by atoms with Gasteiger partial charge >= 0.3 is 0 Å². The first-order chi connectivity index (χ1) is 21.9. The first-order valence-electron chi connectivity index (χ1n) is 15.9. The highest BCUT2D eigenvalue weighted by Crippen LogP contribution is 2.41. The molecule has 0 atom stereocenters. The van der Waals surface area contributed by atoms with Gasteiger partial charge in [0.25, 0.3) is 0 Å². The van der Waals surface area contributed by atoms with E-state index in [1.54, 1.807) is 0 Å². The van der Waals surface area contributed by atoms with Crippen LogP contribution < -0.4 is 9.80 Å². The van der Waals surface area contributed by atoms with Gasteiger partial charge in [-0.2, -0.15) is 0 Å². The van der Waals surface area contributed by atoms with E-state index in [1.165, 1.54) is 61.6 Å². The van der Waals surface area contributed by atoms with Gasteiger partial charge in [-0.25, -0.2) is 0 Å². The predicted molar refractivity (Wildman–Crippen MR) is 194 cm³/mol. The predicted octanol–water partition coefficient (Wildman–Crippen LogP) is 12.4. The molecular formula is C43H42N2. The summed E-state index contributed by atoms with van der Waals surface area (Å²) in [6.07, 6.45) is 1.04. The Kier molecular flexibility index (Phi) is 8.58. The van der Waals surface area contributed by atoms with Gasteiger partial charge < -0.3 is 9.80 Å². The number of hydrogen-bond acceptors (Lipinski definition) is 2. The molecule has 0 aliphatic carbocycles. The summed E-state index contributed by atoms with van der Waals surface area (Å²) in [5.74, 6) is 0. The minimum Gasteiger partial charge on any atom is -0.310 e. The summed E-state index contributed by atoms with van der Waals surface area (Å²) < 4.78 is 0. The lowest BCUT2D eigenvalue weighted by atomic mass is 9.98. The lowest BCUT2D eigenvalue weighted by Gasteiger charge is -2.29. The maximum Gasteiger partial charge on any atom is 0.0493 e. The molecule has 0 fully saturated rings. The molecule has 0 saturated heterocycles. The van der Waals surface area contributed by atoms with E-state index in [9.17, 15) is 0 Å². The van der Waals surface area contributed by atoms with E-state index in [2.05, 4.69) is 185 Å². The van der Waals surface area contributed by atoms with Crippen molar-refractivity contribution in [1.29, 1.82) is 0 Å². The van der Waals surface area contributed by atoms with Crippen LogP contribution >= 0.6 is 0 Å². The molecule has 0 aliphatic heterocycles. The van der Waals surface area contributed by atoms with Crippen molar-refractivity contribution in [3.8, 4) is 11.1 Å². The van der Waals surface area contributed by atoms with E-state index in [1.807, 2.05) is 0 Å². The Morgan fingerprint density at radius 3 is 1.64 bits per heavy atom. The Bertz CT molecular complexity index is 1940. The van der Waals surface area contributed by atoms with Gasteiger partial charge in [0.1, 0.15) is 0 Å². The van der Waals surface area contributed by atoms with Crippen molar-refractivity contribution in [3.05, 3.63) is 167 Å². The summed E-state index contributed by atoms with van der Waals surface area (Å²) in [4.78, 5) is 4.75. The van der Waals surface area contributed by atoms with Crippen LogP contribution in [0.25, 0.3) is 11.1 Å². The summed E-state index contributed by atoms with van der Waals surface area (Å²) in [6, 6.07) is 48.5. The van der Waals surface area contributed by atoms with Crippen molar-refractivity contribution in [2.45, 2.75) is 48.0 Å². The van der Waals surface area contributed by atoms with Crippen molar-refractivity contribution in [1.82, 2.24) is 0 Å². The largest absolute Gasteiger partial charge is 0.310 e. The van der Waals surface area contributed by atoms with Crippen LogP contribution in [-0.2, 0) is 6.42 Å². The van der Waals surface area contributed by atoms with Crippen LogP contribution in [0.15, 0.2) is 133 Å². The van der Waals surface area contributed by atoms with Gasteiger partial charge in [-0.3, -0.25) is 0 Å². The maximum atomic E-state index is 2.40. The van der Waals surface area contributed by atoms with Crippen LogP contribution in [0, 0.1) is 34.6 Å². The van der Waals surface area contributed by atoms with Crippen molar-refractivity contribution in [2.75, 3.05) is 9.80 Å². The number of anilines is 6. The molecule has 6 aromatic rings. The van der Waals surface area contributed by atoms with E-state index in [-0.39, 0.29) is 0 Å². The molecule has 2 heteroatoms. The lowest BCUT2D eigenvalue weighted by molar-refractivity contribution is 1.10. The minimum atomic E-state index is 1.04. The van der Waals surface area contributed by atoms with E-state index in [0.29, 0.717) is 0 Å². The molecule has 45 heavy (non-hydrogen) atoms. The van der Waals surface area contributed by atoms with Crippen LogP contribution in [0.5, 0.6) is 0 Å². The van der Waals surface area contributed by atoms with Gasteiger partial charge in [0, 0.05) is 34.1 Å². The molecule has 0 amide bonds. The van der Waals surface area contributed by atoms with E-state index < -0.39 is 0 Å². The summed E-state index contributed by atoms with van der Waals surface area (Å²) in [6.45, 7) is 13.2. The molecule has 0 heterocycles. The quantitative estimate of drug-likeness (QED) is 0.175. The molecule has 0 aliphatic rings.